The summed E-state index contributed by atoms with van der Waals surface area (Å²) in [5.74, 6) is -1.33. The highest BCUT2D eigenvalue weighted by atomic mass is 32.2. The zero-order valence-corrected chi connectivity index (χ0v) is 15.5. The van der Waals surface area contributed by atoms with Gasteiger partial charge in [0.25, 0.3) is 0 Å². The average molecular weight is 412 g/mol. The molecule has 4 rings (SSSR count). The Morgan fingerprint density at radius 2 is 2.07 bits per heavy atom. The Hall–Kier alpha value is -2.53. The second kappa shape index (κ2) is 6.82. The molecule has 3 heterocycles. The summed E-state index contributed by atoms with van der Waals surface area (Å²) >= 11 is 0. The summed E-state index contributed by atoms with van der Waals surface area (Å²) in [5, 5.41) is 5.38. The number of benzene rings is 1. The van der Waals surface area contributed by atoms with Gasteiger partial charge in [0.05, 0.1) is 50.1 Å². The van der Waals surface area contributed by atoms with Gasteiger partial charge in [-0.1, -0.05) is 12.1 Å². The minimum absolute atomic E-state index is 0.000181. The third-order valence-electron chi connectivity index (χ3n) is 4.90. The van der Waals surface area contributed by atoms with Crippen LogP contribution in [0, 0.1) is 11.6 Å². The number of nitrogens with one attached hydrogen (secondary N) is 1. The number of ether oxygens (including phenoxy) is 1. The number of carbonyl (C=O) groups is 1. The number of sulfone groups is 1. The summed E-state index contributed by atoms with van der Waals surface area (Å²) in [4.78, 5) is 13.6. The number of aromatic nitrogens is 2. The maximum Gasteiger partial charge on any atom is 0.322 e. The highest BCUT2D eigenvalue weighted by Crippen LogP contribution is 2.33. The second-order valence-corrected chi connectivity index (χ2v) is 9.35. The van der Waals surface area contributed by atoms with Gasteiger partial charge in [-0.25, -0.2) is 22.0 Å². The largest absolute Gasteiger partial charge is 0.369 e. The standard InChI is InChI=1S/C17H18F2N4O4S/c18-12-5-20-23(6-12)7-13-8-27-17(11-28(13,25)26)9-22(10-17)16(24)21-15-4-2-1-3-14(15)19/h1-6,13H,7-11H2,(H,21,24)/t13-/m0/s1. The summed E-state index contributed by atoms with van der Waals surface area (Å²) < 4.78 is 58.9. The van der Waals surface area contributed by atoms with Crippen LogP contribution in [0.2, 0.25) is 0 Å². The molecule has 0 unspecified atom stereocenters. The van der Waals surface area contributed by atoms with Crippen molar-refractivity contribution in [3.63, 3.8) is 0 Å². The Bertz CT molecular complexity index is 1000. The lowest BCUT2D eigenvalue weighted by molar-refractivity contribution is -0.117. The SMILES string of the molecule is O=C(Nc1ccccc1F)N1CC2(C1)CS(=O)(=O)[C@@H](Cn1cc(F)cn1)CO2. The molecule has 8 nitrogen and oxygen atoms in total. The third kappa shape index (κ3) is 3.59. The van der Waals surface area contributed by atoms with Crippen LogP contribution in [0.15, 0.2) is 36.7 Å². The summed E-state index contributed by atoms with van der Waals surface area (Å²) in [7, 11) is -3.52. The first-order chi connectivity index (χ1) is 13.3. The molecule has 0 bridgehead atoms. The highest BCUT2D eigenvalue weighted by Gasteiger charge is 2.54. The summed E-state index contributed by atoms with van der Waals surface area (Å²) in [5.41, 5.74) is -0.908. The van der Waals surface area contributed by atoms with Crippen LogP contribution in [0.1, 0.15) is 0 Å². The van der Waals surface area contributed by atoms with Gasteiger partial charge in [0, 0.05) is 0 Å². The number of carbonyl (C=O) groups excluding carboxylic acids is 1. The van der Waals surface area contributed by atoms with Gasteiger partial charge in [-0.05, 0) is 12.1 Å². The van der Waals surface area contributed by atoms with Crippen molar-refractivity contribution in [1.29, 1.82) is 0 Å². The van der Waals surface area contributed by atoms with Crippen LogP contribution in [-0.2, 0) is 21.1 Å². The number of nitrogens with zero attached hydrogens (tertiary/aromatic N) is 3. The fourth-order valence-electron chi connectivity index (χ4n) is 3.45. The molecule has 1 aromatic carbocycles. The van der Waals surface area contributed by atoms with Gasteiger partial charge in [-0.15, -0.1) is 0 Å². The van der Waals surface area contributed by atoms with Crippen molar-refractivity contribution in [3.8, 4) is 0 Å². The number of amides is 2. The molecule has 0 aliphatic carbocycles. The van der Waals surface area contributed by atoms with Crippen LogP contribution in [0.25, 0.3) is 0 Å². The monoisotopic (exact) mass is 412 g/mol. The van der Waals surface area contributed by atoms with E-state index in [1.807, 2.05) is 0 Å². The van der Waals surface area contributed by atoms with E-state index in [2.05, 4.69) is 10.4 Å². The van der Waals surface area contributed by atoms with Crippen molar-refractivity contribution in [2.24, 2.45) is 0 Å². The van der Waals surface area contributed by atoms with Gasteiger partial charge < -0.3 is 15.0 Å². The maximum absolute atomic E-state index is 13.6. The lowest BCUT2D eigenvalue weighted by Gasteiger charge is -2.51. The normalized spacial score (nSPS) is 22.6. The highest BCUT2D eigenvalue weighted by molar-refractivity contribution is 7.92. The average Bonchev–Trinajstić information content (AvgIpc) is 3.01. The van der Waals surface area contributed by atoms with Crippen molar-refractivity contribution in [2.75, 3.05) is 30.8 Å². The van der Waals surface area contributed by atoms with Gasteiger partial charge in [-0.2, -0.15) is 5.10 Å². The van der Waals surface area contributed by atoms with E-state index in [0.29, 0.717) is 0 Å². The quantitative estimate of drug-likeness (QED) is 0.819. The summed E-state index contributed by atoms with van der Waals surface area (Å²) in [6.07, 6.45) is 2.13. The van der Waals surface area contributed by atoms with Gasteiger partial charge in [0.1, 0.15) is 16.7 Å². The van der Waals surface area contributed by atoms with E-state index in [1.54, 1.807) is 6.07 Å². The number of urea groups is 1. The van der Waals surface area contributed by atoms with Gasteiger partial charge in [-0.3, -0.25) is 4.68 Å². The maximum atomic E-state index is 13.6. The number of halogens is 2. The number of anilines is 1. The molecule has 2 aromatic rings. The Balaban J connectivity index is 1.36. The van der Waals surface area contributed by atoms with E-state index < -0.39 is 38.4 Å². The molecule has 1 spiro atoms. The smallest absolute Gasteiger partial charge is 0.322 e. The molecule has 2 aliphatic heterocycles. The number of para-hydroxylation sites is 1. The molecular formula is C17H18F2N4O4S. The Kier molecular flexibility index (Phi) is 4.58. The van der Waals surface area contributed by atoms with Crippen molar-refractivity contribution in [2.45, 2.75) is 17.4 Å². The molecule has 28 heavy (non-hydrogen) atoms. The molecule has 2 amide bonds. The van der Waals surface area contributed by atoms with E-state index in [4.69, 9.17) is 4.74 Å². The van der Waals surface area contributed by atoms with Crippen LogP contribution >= 0.6 is 0 Å². The first kappa shape index (κ1) is 18.8. The molecule has 1 atom stereocenters. The van der Waals surface area contributed by atoms with Crippen molar-refractivity contribution < 1.29 is 26.7 Å². The molecule has 11 heteroatoms. The lowest BCUT2D eigenvalue weighted by Crippen LogP contribution is -2.71. The van der Waals surface area contributed by atoms with E-state index in [0.717, 1.165) is 12.4 Å². The second-order valence-electron chi connectivity index (χ2n) is 7.07. The minimum Gasteiger partial charge on any atom is -0.369 e. The fourth-order valence-corrected chi connectivity index (χ4v) is 5.34. The first-order valence-electron chi connectivity index (χ1n) is 8.60. The Labute approximate surface area is 160 Å². The number of hydrogen-bond acceptors (Lipinski definition) is 5. The first-order valence-corrected chi connectivity index (χ1v) is 10.3. The third-order valence-corrected chi connectivity index (χ3v) is 7.13. The predicted molar refractivity (Wildman–Crippen MR) is 95.4 cm³/mol. The zero-order valence-electron chi connectivity index (χ0n) is 14.7. The topological polar surface area (TPSA) is 93.5 Å². The molecule has 150 valence electrons. The van der Waals surface area contributed by atoms with Gasteiger partial charge in [0.2, 0.25) is 0 Å². The molecule has 0 saturated carbocycles. The van der Waals surface area contributed by atoms with Crippen LogP contribution in [0.5, 0.6) is 0 Å². The Morgan fingerprint density at radius 3 is 2.71 bits per heavy atom. The fraction of sp³-hybridized carbons (Fsp3) is 0.412. The Morgan fingerprint density at radius 1 is 1.32 bits per heavy atom. The molecule has 2 aliphatic rings. The summed E-state index contributed by atoms with van der Waals surface area (Å²) in [6.45, 7) is 0.123. The van der Waals surface area contributed by atoms with Crippen LogP contribution in [-0.4, -0.2) is 65.4 Å². The van der Waals surface area contributed by atoms with E-state index >= 15 is 0 Å². The van der Waals surface area contributed by atoms with Gasteiger partial charge in [0.15, 0.2) is 15.7 Å². The number of likely N-dealkylation sites (tertiary alicyclic amines) is 1. The van der Waals surface area contributed by atoms with Gasteiger partial charge >= 0.3 is 6.03 Å². The van der Waals surface area contributed by atoms with E-state index in [1.165, 1.54) is 27.8 Å². The van der Waals surface area contributed by atoms with E-state index in [-0.39, 0.29) is 37.7 Å². The van der Waals surface area contributed by atoms with Crippen molar-refractivity contribution in [1.82, 2.24) is 14.7 Å². The van der Waals surface area contributed by atoms with Crippen LogP contribution in [0.4, 0.5) is 19.3 Å². The minimum atomic E-state index is -3.52. The van der Waals surface area contributed by atoms with Crippen molar-refractivity contribution in [3.05, 3.63) is 48.3 Å². The molecule has 0 radical (unpaired) electrons. The van der Waals surface area contributed by atoms with Crippen LogP contribution < -0.4 is 5.32 Å². The predicted octanol–water partition coefficient (Wildman–Crippen LogP) is 1.26. The van der Waals surface area contributed by atoms with Crippen LogP contribution in [0.3, 0.4) is 0 Å². The van der Waals surface area contributed by atoms with Crippen molar-refractivity contribution >= 4 is 21.6 Å². The lowest BCUT2D eigenvalue weighted by atomic mass is 9.96. The molecule has 1 aromatic heterocycles. The molecule has 1 N–H and O–H groups in total. The molecule has 2 saturated heterocycles. The number of hydrogen-bond donors (Lipinski definition) is 1. The molecule has 2 fully saturated rings. The zero-order chi connectivity index (χ0) is 19.9. The molecular weight excluding hydrogens is 394 g/mol. The van der Waals surface area contributed by atoms with E-state index in [9.17, 15) is 22.0 Å². The summed E-state index contributed by atoms with van der Waals surface area (Å²) in [6, 6.07) is 5.26. The number of rotatable bonds is 3.